The van der Waals surface area contributed by atoms with E-state index in [1.54, 1.807) is 24.5 Å². The first kappa shape index (κ1) is 13.9. The first-order chi connectivity index (χ1) is 10.6. The Kier molecular flexibility index (Phi) is 3.40. The molecule has 0 saturated heterocycles. The molecule has 0 aliphatic heterocycles. The van der Waals surface area contributed by atoms with Crippen LogP contribution in [-0.2, 0) is 10.0 Å². The fourth-order valence-electron chi connectivity index (χ4n) is 1.81. The number of benzene rings is 1. The highest BCUT2D eigenvalue weighted by atomic mass is 32.2. The van der Waals surface area contributed by atoms with Gasteiger partial charge in [-0.15, -0.1) is 9.19 Å². The first-order valence-corrected chi connectivity index (χ1v) is 7.63. The van der Waals surface area contributed by atoms with E-state index in [2.05, 4.69) is 15.1 Å². The summed E-state index contributed by atoms with van der Waals surface area (Å²) in [5.41, 5.74) is 1.05. The van der Waals surface area contributed by atoms with Crippen molar-refractivity contribution in [3.05, 3.63) is 60.7 Å². The van der Waals surface area contributed by atoms with Crippen molar-refractivity contribution in [1.29, 1.82) is 5.26 Å². The van der Waals surface area contributed by atoms with Gasteiger partial charge in [0, 0.05) is 18.0 Å². The quantitative estimate of drug-likeness (QED) is 0.725. The Morgan fingerprint density at radius 1 is 1.05 bits per heavy atom. The predicted octanol–water partition coefficient (Wildman–Crippen LogP) is 1.45. The Balaban J connectivity index is 2.00. The molecule has 0 unspecified atom stereocenters. The van der Waals surface area contributed by atoms with Crippen molar-refractivity contribution >= 4 is 10.0 Å². The van der Waals surface area contributed by atoms with Crippen LogP contribution in [0.3, 0.4) is 0 Å². The molecule has 0 saturated carbocycles. The lowest BCUT2D eigenvalue weighted by atomic mass is 10.2. The molecule has 0 fully saturated rings. The average molecular weight is 311 g/mol. The molecular weight excluding hydrogens is 302 g/mol. The Labute approximate surface area is 126 Å². The summed E-state index contributed by atoms with van der Waals surface area (Å²) < 4.78 is 25.7. The van der Waals surface area contributed by atoms with Gasteiger partial charge in [0.05, 0.1) is 16.5 Å². The number of nitrogens with zero attached hydrogens (tertiary/aromatic N) is 5. The third-order valence-electron chi connectivity index (χ3n) is 2.94. The van der Waals surface area contributed by atoms with E-state index in [-0.39, 0.29) is 4.90 Å². The molecule has 1 aromatic carbocycles. The zero-order chi connectivity index (χ0) is 15.6. The van der Waals surface area contributed by atoms with Crippen molar-refractivity contribution in [2.75, 3.05) is 0 Å². The summed E-state index contributed by atoms with van der Waals surface area (Å²) in [6.45, 7) is 0. The fraction of sp³-hybridized carbons (Fsp3) is 0. The molecule has 0 spiro atoms. The van der Waals surface area contributed by atoms with Gasteiger partial charge < -0.3 is 0 Å². The lowest BCUT2D eigenvalue weighted by Crippen LogP contribution is -2.13. The standard InChI is InChI=1S/C14H9N5O2S/c15-9-11-1-3-13(4-2-11)22(20,21)19-10-17-14(18-19)12-5-7-16-8-6-12/h1-8,10H. The highest BCUT2D eigenvalue weighted by molar-refractivity contribution is 7.89. The topological polar surface area (TPSA) is 102 Å². The molecule has 0 atom stereocenters. The zero-order valence-corrected chi connectivity index (χ0v) is 12.0. The Bertz CT molecular complexity index is 941. The van der Waals surface area contributed by atoms with Gasteiger partial charge in [-0.2, -0.15) is 13.7 Å². The number of nitriles is 1. The van der Waals surface area contributed by atoms with Crippen molar-refractivity contribution < 1.29 is 8.42 Å². The monoisotopic (exact) mass is 311 g/mol. The molecule has 3 rings (SSSR count). The summed E-state index contributed by atoms with van der Waals surface area (Å²) in [4.78, 5) is 7.93. The third kappa shape index (κ3) is 2.45. The SMILES string of the molecule is N#Cc1ccc(S(=O)(=O)n2cnc(-c3ccncc3)n2)cc1. The Morgan fingerprint density at radius 2 is 1.73 bits per heavy atom. The molecule has 22 heavy (non-hydrogen) atoms. The van der Waals surface area contributed by atoms with E-state index in [1.807, 2.05) is 6.07 Å². The van der Waals surface area contributed by atoms with Gasteiger partial charge in [-0.3, -0.25) is 4.98 Å². The lowest BCUT2D eigenvalue weighted by Gasteiger charge is -2.03. The summed E-state index contributed by atoms with van der Waals surface area (Å²) >= 11 is 0. The number of pyridine rings is 1. The van der Waals surface area contributed by atoms with Crippen LogP contribution in [0.4, 0.5) is 0 Å². The molecule has 3 aromatic rings. The molecule has 0 amide bonds. The smallest absolute Gasteiger partial charge is 0.265 e. The van der Waals surface area contributed by atoms with Crippen LogP contribution >= 0.6 is 0 Å². The van der Waals surface area contributed by atoms with Crippen molar-refractivity contribution in [2.24, 2.45) is 0 Å². The summed E-state index contributed by atoms with van der Waals surface area (Å²) in [6, 6.07) is 10.9. The normalized spacial score (nSPS) is 11.0. The van der Waals surface area contributed by atoms with Gasteiger partial charge in [0.25, 0.3) is 10.0 Å². The second kappa shape index (κ2) is 5.38. The number of rotatable bonds is 3. The minimum Gasteiger partial charge on any atom is -0.265 e. The second-order valence-electron chi connectivity index (χ2n) is 4.32. The van der Waals surface area contributed by atoms with Gasteiger partial charge in [-0.05, 0) is 36.4 Å². The maximum atomic E-state index is 12.4. The van der Waals surface area contributed by atoms with Crippen LogP contribution < -0.4 is 0 Å². The lowest BCUT2D eigenvalue weighted by molar-refractivity contribution is 0.580. The highest BCUT2D eigenvalue weighted by Gasteiger charge is 2.19. The van der Waals surface area contributed by atoms with Crippen molar-refractivity contribution in [3.8, 4) is 17.5 Å². The van der Waals surface area contributed by atoms with E-state index in [0.717, 1.165) is 10.4 Å². The summed E-state index contributed by atoms with van der Waals surface area (Å²) in [7, 11) is -3.83. The van der Waals surface area contributed by atoms with Crippen LogP contribution in [0, 0.1) is 11.3 Å². The van der Waals surface area contributed by atoms with Gasteiger partial charge in [0.2, 0.25) is 0 Å². The van der Waals surface area contributed by atoms with Crippen LogP contribution in [0.15, 0.2) is 60.0 Å². The molecular formula is C14H9N5O2S. The van der Waals surface area contributed by atoms with E-state index >= 15 is 0 Å². The van der Waals surface area contributed by atoms with Crippen molar-refractivity contribution in [3.63, 3.8) is 0 Å². The molecule has 7 nitrogen and oxygen atoms in total. The summed E-state index contributed by atoms with van der Waals surface area (Å²) in [5, 5.41) is 12.7. The zero-order valence-electron chi connectivity index (χ0n) is 11.2. The molecule has 8 heteroatoms. The maximum absolute atomic E-state index is 12.4. The molecule has 0 bridgehead atoms. The van der Waals surface area contributed by atoms with E-state index < -0.39 is 10.0 Å². The van der Waals surface area contributed by atoms with Gasteiger partial charge in [-0.1, -0.05) is 0 Å². The maximum Gasteiger partial charge on any atom is 0.284 e. The van der Waals surface area contributed by atoms with Crippen LogP contribution in [0.2, 0.25) is 0 Å². The molecule has 0 aliphatic rings. The number of aromatic nitrogens is 4. The molecule has 2 heterocycles. The largest absolute Gasteiger partial charge is 0.284 e. The van der Waals surface area contributed by atoms with E-state index in [1.165, 1.54) is 24.3 Å². The molecule has 0 aliphatic carbocycles. The van der Waals surface area contributed by atoms with Crippen LogP contribution in [0.1, 0.15) is 5.56 Å². The third-order valence-corrected chi connectivity index (χ3v) is 4.47. The summed E-state index contributed by atoms with van der Waals surface area (Å²) in [6.07, 6.45) is 4.29. The van der Waals surface area contributed by atoms with E-state index in [4.69, 9.17) is 5.26 Å². The van der Waals surface area contributed by atoms with Gasteiger partial charge in [-0.25, -0.2) is 4.98 Å². The van der Waals surface area contributed by atoms with E-state index in [0.29, 0.717) is 17.0 Å². The number of hydrogen-bond donors (Lipinski definition) is 0. The van der Waals surface area contributed by atoms with Gasteiger partial charge in [0.15, 0.2) is 5.82 Å². The minimum absolute atomic E-state index is 0.0395. The van der Waals surface area contributed by atoms with Crippen LogP contribution in [-0.4, -0.2) is 27.6 Å². The predicted molar refractivity (Wildman–Crippen MR) is 77.0 cm³/mol. The Hall–Kier alpha value is -3.05. The molecule has 0 N–H and O–H groups in total. The van der Waals surface area contributed by atoms with Crippen LogP contribution in [0.5, 0.6) is 0 Å². The van der Waals surface area contributed by atoms with Gasteiger partial charge >= 0.3 is 0 Å². The molecule has 108 valence electrons. The minimum atomic E-state index is -3.83. The van der Waals surface area contributed by atoms with E-state index in [9.17, 15) is 8.42 Å². The fourth-order valence-corrected chi connectivity index (χ4v) is 2.86. The number of hydrogen-bond acceptors (Lipinski definition) is 6. The molecule has 2 aromatic heterocycles. The van der Waals surface area contributed by atoms with Gasteiger partial charge in [0.1, 0.15) is 6.33 Å². The van der Waals surface area contributed by atoms with Crippen molar-refractivity contribution in [2.45, 2.75) is 4.90 Å². The van der Waals surface area contributed by atoms with Crippen LogP contribution in [0.25, 0.3) is 11.4 Å². The second-order valence-corrected chi connectivity index (χ2v) is 6.11. The summed E-state index contributed by atoms with van der Waals surface area (Å²) in [5.74, 6) is 0.291. The Morgan fingerprint density at radius 3 is 2.36 bits per heavy atom. The first-order valence-electron chi connectivity index (χ1n) is 6.19. The average Bonchev–Trinajstić information content (AvgIpc) is 3.06. The van der Waals surface area contributed by atoms with Crippen molar-refractivity contribution in [1.82, 2.24) is 19.2 Å². The highest BCUT2D eigenvalue weighted by Crippen LogP contribution is 2.17. The molecule has 0 radical (unpaired) electrons.